The Morgan fingerprint density at radius 2 is 2.43 bits per heavy atom. The van der Waals surface area contributed by atoms with Gasteiger partial charge in [-0.15, -0.1) is 0 Å². The molecule has 0 amide bonds. The molecular weight excluding hydrogens is 198 g/mol. The van der Waals surface area contributed by atoms with Gasteiger partial charge in [0.25, 0.3) is 0 Å². The average molecular weight is 207 g/mol. The molecule has 0 N–H and O–H groups in total. The molecular formula is C9H9N3OS. The molecule has 5 heteroatoms. The van der Waals surface area contributed by atoms with Crippen molar-refractivity contribution < 1.29 is 0 Å². The molecule has 4 nitrogen and oxygen atoms in total. The first-order valence-corrected chi connectivity index (χ1v) is 5.06. The number of nitrogens with zero attached hydrogens (tertiary/aromatic N) is 3. The normalized spacial score (nSPS) is 10.4. The summed E-state index contributed by atoms with van der Waals surface area (Å²) in [6.45, 7) is 2.43. The monoisotopic (exact) mass is 207 g/mol. The summed E-state index contributed by atoms with van der Waals surface area (Å²) in [7, 11) is 0. The Kier molecular flexibility index (Phi) is 2.41. The van der Waals surface area contributed by atoms with Crippen LogP contribution in [0.5, 0.6) is 0 Å². The Balaban J connectivity index is 2.32. The van der Waals surface area contributed by atoms with Gasteiger partial charge in [0, 0.05) is 6.20 Å². The highest BCUT2D eigenvalue weighted by molar-refractivity contribution is 7.06. The molecule has 0 radical (unpaired) electrons. The van der Waals surface area contributed by atoms with Crippen LogP contribution in [0, 0.1) is 6.92 Å². The Hall–Kier alpha value is -1.49. The molecule has 0 aliphatic carbocycles. The van der Waals surface area contributed by atoms with Crippen molar-refractivity contribution in [2.24, 2.45) is 0 Å². The van der Waals surface area contributed by atoms with Crippen LogP contribution in [0.15, 0.2) is 28.6 Å². The highest BCUT2D eigenvalue weighted by Gasteiger charge is 2.03. The Labute approximate surface area is 84.9 Å². The molecule has 0 aromatic carbocycles. The third-order valence-electron chi connectivity index (χ3n) is 1.97. The Morgan fingerprint density at radius 3 is 3.07 bits per heavy atom. The average Bonchev–Trinajstić information content (AvgIpc) is 2.56. The van der Waals surface area contributed by atoms with Crippen LogP contribution in [0.3, 0.4) is 0 Å². The van der Waals surface area contributed by atoms with E-state index in [1.54, 1.807) is 11.7 Å². The second-order valence-electron chi connectivity index (χ2n) is 2.93. The maximum atomic E-state index is 11.2. The number of hydrogen-bond acceptors (Lipinski definition) is 4. The van der Waals surface area contributed by atoms with Crippen molar-refractivity contribution in [1.29, 1.82) is 0 Å². The van der Waals surface area contributed by atoms with Gasteiger partial charge in [-0.1, -0.05) is 17.4 Å². The fourth-order valence-electron chi connectivity index (χ4n) is 1.16. The summed E-state index contributed by atoms with van der Waals surface area (Å²) >= 11 is 1.10. The van der Waals surface area contributed by atoms with Crippen molar-refractivity contribution in [3.05, 3.63) is 44.8 Å². The molecule has 0 unspecified atom stereocenters. The second-order valence-corrected chi connectivity index (χ2v) is 3.73. The molecule has 2 heterocycles. The first-order valence-electron chi connectivity index (χ1n) is 4.18. The molecule has 0 spiro atoms. The number of hydrogen-bond donors (Lipinski definition) is 0. The van der Waals surface area contributed by atoms with Crippen molar-refractivity contribution >= 4 is 11.3 Å². The summed E-state index contributed by atoms with van der Waals surface area (Å²) in [4.78, 5) is 15.4. The number of pyridine rings is 1. The molecule has 0 bridgehead atoms. The zero-order valence-electron chi connectivity index (χ0n) is 7.67. The van der Waals surface area contributed by atoms with Crippen LogP contribution < -0.4 is 4.87 Å². The lowest BCUT2D eigenvalue weighted by atomic mass is 10.2. The molecule has 0 fully saturated rings. The molecule has 0 aliphatic rings. The van der Waals surface area contributed by atoms with E-state index >= 15 is 0 Å². The zero-order chi connectivity index (χ0) is 9.97. The van der Waals surface area contributed by atoms with Gasteiger partial charge in [-0.05, 0) is 18.6 Å². The van der Waals surface area contributed by atoms with Crippen molar-refractivity contribution in [2.45, 2.75) is 13.5 Å². The van der Waals surface area contributed by atoms with Gasteiger partial charge in [-0.25, -0.2) is 4.68 Å². The van der Waals surface area contributed by atoms with Crippen LogP contribution in [0.25, 0.3) is 0 Å². The first kappa shape index (κ1) is 9.08. The quantitative estimate of drug-likeness (QED) is 0.739. The van der Waals surface area contributed by atoms with Crippen LogP contribution in [0.2, 0.25) is 0 Å². The minimum atomic E-state index is -0.0462. The van der Waals surface area contributed by atoms with Crippen molar-refractivity contribution in [2.75, 3.05) is 0 Å². The lowest BCUT2D eigenvalue weighted by Gasteiger charge is -2.02. The van der Waals surface area contributed by atoms with Crippen LogP contribution in [0.4, 0.5) is 0 Å². The standard InChI is InChI=1S/C9H9N3OS/c1-7-3-2-4-10-8(7)5-12-9(13)14-6-11-12/h2-4,6H,5H2,1H3. The molecule has 72 valence electrons. The zero-order valence-corrected chi connectivity index (χ0v) is 8.49. The smallest absolute Gasteiger partial charge is 0.259 e. The topological polar surface area (TPSA) is 47.8 Å². The van der Waals surface area contributed by atoms with Crippen LogP contribution in [-0.2, 0) is 6.54 Å². The van der Waals surface area contributed by atoms with Gasteiger partial charge >= 0.3 is 4.87 Å². The van der Waals surface area contributed by atoms with Gasteiger partial charge < -0.3 is 0 Å². The van der Waals surface area contributed by atoms with Crippen LogP contribution in [-0.4, -0.2) is 14.8 Å². The minimum Gasteiger partial charge on any atom is -0.259 e. The Morgan fingerprint density at radius 1 is 1.57 bits per heavy atom. The van der Waals surface area contributed by atoms with E-state index in [1.807, 2.05) is 19.1 Å². The molecule has 0 saturated heterocycles. The maximum absolute atomic E-state index is 11.2. The number of rotatable bonds is 2. The third kappa shape index (κ3) is 1.72. The minimum absolute atomic E-state index is 0.0462. The third-order valence-corrected chi connectivity index (χ3v) is 2.58. The van der Waals surface area contributed by atoms with Crippen molar-refractivity contribution in [3.63, 3.8) is 0 Å². The molecule has 2 rings (SSSR count). The van der Waals surface area contributed by atoms with Crippen LogP contribution >= 0.6 is 11.3 Å². The summed E-state index contributed by atoms with van der Waals surface area (Å²) in [6.07, 6.45) is 1.72. The summed E-state index contributed by atoms with van der Waals surface area (Å²) < 4.78 is 1.42. The summed E-state index contributed by atoms with van der Waals surface area (Å²) in [5, 5.41) is 3.93. The molecule has 14 heavy (non-hydrogen) atoms. The largest absolute Gasteiger partial charge is 0.325 e. The van der Waals surface area contributed by atoms with E-state index in [-0.39, 0.29) is 4.87 Å². The van der Waals surface area contributed by atoms with Gasteiger partial charge in [0.1, 0.15) is 5.51 Å². The number of aromatic nitrogens is 3. The maximum Gasteiger partial charge on any atom is 0.325 e. The molecule has 0 aliphatic heterocycles. The fraction of sp³-hybridized carbons (Fsp3) is 0.222. The lowest BCUT2D eigenvalue weighted by Crippen LogP contribution is -2.16. The van der Waals surface area contributed by atoms with E-state index in [4.69, 9.17) is 0 Å². The van der Waals surface area contributed by atoms with E-state index in [0.29, 0.717) is 6.54 Å². The first-order chi connectivity index (χ1) is 6.77. The SMILES string of the molecule is Cc1cccnc1Cn1ncsc1=O. The Bertz CT molecular complexity index is 489. The van der Waals surface area contributed by atoms with Gasteiger partial charge in [-0.3, -0.25) is 9.78 Å². The van der Waals surface area contributed by atoms with E-state index in [0.717, 1.165) is 22.6 Å². The molecule has 0 atom stereocenters. The summed E-state index contributed by atoms with van der Waals surface area (Å²) in [5.41, 5.74) is 3.51. The van der Waals surface area contributed by atoms with Crippen molar-refractivity contribution in [1.82, 2.24) is 14.8 Å². The van der Waals surface area contributed by atoms with E-state index < -0.39 is 0 Å². The van der Waals surface area contributed by atoms with Gasteiger partial charge in [0.2, 0.25) is 0 Å². The predicted octanol–water partition coefficient (Wildman–Crippen LogP) is 1.06. The molecule has 0 saturated carbocycles. The summed E-state index contributed by atoms with van der Waals surface area (Å²) in [5.74, 6) is 0. The highest BCUT2D eigenvalue weighted by atomic mass is 32.1. The lowest BCUT2D eigenvalue weighted by molar-refractivity contribution is 0.650. The van der Waals surface area contributed by atoms with E-state index in [2.05, 4.69) is 10.1 Å². The van der Waals surface area contributed by atoms with E-state index in [9.17, 15) is 4.79 Å². The van der Waals surface area contributed by atoms with Crippen molar-refractivity contribution in [3.8, 4) is 0 Å². The predicted molar refractivity (Wildman–Crippen MR) is 54.5 cm³/mol. The van der Waals surface area contributed by atoms with Gasteiger partial charge in [0.15, 0.2) is 0 Å². The van der Waals surface area contributed by atoms with Crippen LogP contribution in [0.1, 0.15) is 11.3 Å². The second kappa shape index (κ2) is 3.71. The summed E-state index contributed by atoms with van der Waals surface area (Å²) in [6, 6.07) is 3.85. The van der Waals surface area contributed by atoms with Gasteiger partial charge in [-0.2, -0.15) is 5.10 Å². The van der Waals surface area contributed by atoms with Gasteiger partial charge in [0.05, 0.1) is 12.2 Å². The fourth-order valence-corrected chi connectivity index (χ4v) is 1.65. The highest BCUT2D eigenvalue weighted by Crippen LogP contribution is 2.03. The van der Waals surface area contributed by atoms with E-state index in [1.165, 1.54) is 4.68 Å². The molecule has 2 aromatic rings. The number of aryl methyl sites for hydroxylation is 1. The molecule has 2 aromatic heterocycles.